The summed E-state index contributed by atoms with van der Waals surface area (Å²) in [6, 6.07) is 11.4. The molecule has 4 nitrogen and oxygen atoms in total. The van der Waals surface area contributed by atoms with Crippen molar-refractivity contribution < 1.29 is 19.7 Å². The number of hydrogen-bond acceptors (Lipinski definition) is 4. The van der Waals surface area contributed by atoms with Gasteiger partial charge in [0.1, 0.15) is 22.8 Å². The van der Waals surface area contributed by atoms with E-state index in [0.717, 1.165) is 18.4 Å². The summed E-state index contributed by atoms with van der Waals surface area (Å²) in [5.41, 5.74) is 0.963. The van der Waals surface area contributed by atoms with Crippen LogP contribution in [0.3, 0.4) is 0 Å². The van der Waals surface area contributed by atoms with Crippen molar-refractivity contribution in [2.24, 2.45) is 0 Å². The Balaban J connectivity index is 1.97. The molecule has 2 aromatic carbocycles. The molecule has 0 bridgehead atoms. The molecule has 144 valence electrons. The van der Waals surface area contributed by atoms with Crippen molar-refractivity contribution >= 4 is 11.9 Å². The van der Waals surface area contributed by atoms with Crippen molar-refractivity contribution in [3.8, 4) is 17.2 Å². The number of unbranched alkanes of at least 4 members (excludes halogenated alkanes) is 5. The van der Waals surface area contributed by atoms with Crippen LogP contribution in [0.2, 0.25) is 0 Å². The molecule has 2 N–H and O–H groups in total. The number of carbonyl (C=O) groups is 1. The quantitative estimate of drug-likeness (QED) is 0.302. The lowest BCUT2D eigenvalue weighted by molar-refractivity contribution is 0.104. The van der Waals surface area contributed by atoms with E-state index < -0.39 is 0 Å². The van der Waals surface area contributed by atoms with Crippen LogP contribution < -0.4 is 4.74 Å². The van der Waals surface area contributed by atoms with Gasteiger partial charge in [-0.2, -0.15) is 0 Å². The predicted molar refractivity (Wildman–Crippen MR) is 108 cm³/mol. The second-order valence-corrected chi connectivity index (χ2v) is 6.56. The zero-order chi connectivity index (χ0) is 19.5. The SMILES string of the molecule is CCCCCCCCOc1cccc(O)c1C(=O)/C=C/c1ccc(O)cc1. The third-order valence-corrected chi connectivity index (χ3v) is 4.33. The van der Waals surface area contributed by atoms with E-state index in [1.807, 2.05) is 0 Å². The van der Waals surface area contributed by atoms with Crippen molar-refractivity contribution in [2.75, 3.05) is 6.61 Å². The van der Waals surface area contributed by atoms with Gasteiger partial charge in [0.05, 0.1) is 6.61 Å². The van der Waals surface area contributed by atoms with Crippen LogP contribution in [0.4, 0.5) is 0 Å². The Morgan fingerprint density at radius 2 is 1.67 bits per heavy atom. The number of ketones is 1. The van der Waals surface area contributed by atoms with Crippen LogP contribution in [0.1, 0.15) is 61.4 Å². The molecule has 0 saturated heterocycles. The molecule has 0 unspecified atom stereocenters. The number of phenolic OH excluding ortho intramolecular Hbond substituents is 2. The van der Waals surface area contributed by atoms with Gasteiger partial charge in [-0.05, 0) is 42.3 Å². The molecule has 27 heavy (non-hydrogen) atoms. The molecule has 4 heteroatoms. The van der Waals surface area contributed by atoms with Gasteiger partial charge in [-0.15, -0.1) is 0 Å². The molecule has 2 aromatic rings. The Morgan fingerprint density at radius 1 is 0.963 bits per heavy atom. The van der Waals surface area contributed by atoms with Crippen LogP contribution >= 0.6 is 0 Å². The molecule has 0 spiro atoms. The number of carbonyl (C=O) groups excluding carboxylic acids is 1. The lowest BCUT2D eigenvalue weighted by Gasteiger charge is -2.11. The average molecular weight is 368 g/mol. The van der Waals surface area contributed by atoms with Gasteiger partial charge in [-0.1, -0.05) is 63.3 Å². The van der Waals surface area contributed by atoms with Gasteiger partial charge < -0.3 is 14.9 Å². The highest BCUT2D eigenvalue weighted by Crippen LogP contribution is 2.29. The number of hydrogen-bond donors (Lipinski definition) is 2. The summed E-state index contributed by atoms with van der Waals surface area (Å²) in [5.74, 6) is 0.170. The van der Waals surface area contributed by atoms with Crippen LogP contribution in [-0.4, -0.2) is 22.6 Å². The molecule has 0 fully saturated rings. The molecule has 0 aliphatic carbocycles. The van der Waals surface area contributed by atoms with Crippen LogP contribution in [0, 0.1) is 0 Å². The number of allylic oxidation sites excluding steroid dienone is 1. The largest absolute Gasteiger partial charge is 0.508 e. The zero-order valence-corrected chi connectivity index (χ0v) is 15.9. The maximum absolute atomic E-state index is 12.6. The summed E-state index contributed by atoms with van der Waals surface area (Å²) in [4.78, 5) is 12.6. The third kappa shape index (κ3) is 6.81. The van der Waals surface area contributed by atoms with Crippen molar-refractivity contribution in [3.05, 3.63) is 59.7 Å². The molecule has 0 saturated carbocycles. The number of aromatic hydroxyl groups is 2. The fourth-order valence-corrected chi connectivity index (χ4v) is 2.79. The lowest BCUT2D eigenvalue weighted by Crippen LogP contribution is -2.04. The molecular formula is C23H28O4. The van der Waals surface area contributed by atoms with E-state index in [9.17, 15) is 15.0 Å². The van der Waals surface area contributed by atoms with Gasteiger partial charge in [0.25, 0.3) is 0 Å². The van der Waals surface area contributed by atoms with Gasteiger partial charge in [0.15, 0.2) is 5.78 Å². The Bertz CT molecular complexity index is 747. The van der Waals surface area contributed by atoms with Crippen molar-refractivity contribution in [1.82, 2.24) is 0 Å². The third-order valence-electron chi connectivity index (χ3n) is 4.33. The minimum Gasteiger partial charge on any atom is -0.508 e. The summed E-state index contributed by atoms with van der Waals surface area (Å²) >= 11 is 0. The van der Waals surface area contributed by atoms with Gasteiger partial charge >= 0.3 is 0 Å². The zero-order valence-electron chi connectivity index (χ0n) is 15.9. The first-order chi connectivity index (χ1) is 13.1. The van der Waals surface area contributed by atoms with Gasteiger partial charge in [-0.25, -0.2) is 0 Å². The van der Waals surface area contributed by atoms with Crippen molar-refractivity contribution in [2.45, 2.75) is 45.4 Å². The number of rotatable bonds is 11. The monoisotopic (exact) mass is 368 g/mol. The molecule has 0 aromatic heterocycles. The standard InChI is InChI=1S/C23H28O4/c1-2-3-4-5-6-7-17-27-22-10-8-9-20(25)23(22)21(26)16-13-18-11-14-19(24)15-12-18/h8-16,24-25H,2-7,17H2,1H3/b16-13+. The van der Waals surface area contributed by atoms with Crippen LogP contribution in [-0.2, 0) is 0 Å². The molecule has 0 atom stereocenters. The van der Waals surface area contributed by atoms with E-state index in [1.165, 1.54) is 37.8 Å². The first-order valence-electron chi connectivity index (χ1n) is 9.58. The average Bonchev–Trinajstić information content (AvgIpc) is 2.66. The predicted octanol–water partition coefficient (Wildman–Crippen LogP) is 5.73. The van der Waals surface area contributed by atoms with E-state index in [4.69, 9.17) is 4.74 Å². The highest BCUT2D eigenvalue weighted by atomic mass is 16.5. The van der Waals surface area contributed by atoms with E-state index in [-0.39, 0.29) is 22.8 Å². The Labute approximate surface area is 161 Å². The van der Waals surface area contributed by atoms with Crippen molar-refractivity contribution in [3.63, 3.8) is 0 Å². The highest BCUT2D eigenvalue weighted by Gasteiger charge is 2.15. The van der Waals surface area contributed by atoms with Crippen LogP contribution in [0.25, 0.3) is 6.08 Å². The van der Waals surface area contributed by atoms with E-state index in [2.05, 4.69) is 6.92 Å². The lowest BCUT2D eigenvalue weighted by atomic mass is 10.1. The molecule has 0 radical (unpaired) electrons. The van der Waals surface area contributed by atoms with Gasteiger partial charge in [0, 0.05) is 0 Å². The summed E-state index contributed by atoms with van der Waals surface area (Å²) in [7, 11) is 0. The smallest absolute Gasteiger partial charge is 0.193 e. The Kier molecular flexibility index (Phi) is 8.43. The minimum atomic E-state index is -0.320. The summed E-state index contributed by atoms with van der Waals surface area (Å²) in [5, 5.41) is 19.4. The van der Waals surface area contributed by atoms with Gasteiger partial charge in [-0.3, -0.25) is 4.79 Å². The second kappa shape index (κ2) is 11.1. The molecule has 2 rings (SSSR count). The minimum absolute atomic E-state index is 0.0872. The molecule has 0 aliphatic heterocycles. The fourth-order valence-electron chi connectivity index (χ4n) is 2.79. The molecule has 0 heterocycles. The van der Waals surface area contributed by atoms with E-state index >= 15 is 0 Å². The second-order valence-electron chi connectivity index (χ2n) is 6.56. The number of ether oxygens (including phenoxy) is 1. The molecular weight excluding hydrogens is 340 g/mol. The summed E-state index contributed by atoms with van der Waals surface area (Å²) in [6.45, 7) is 2.72. The van der Waals surface area contributed by atoms with Crippen LogP contribution in [0.15, 0.2) is 48.5 Å². The Hall–Kier alpha value is -2.75. The first kappa shape index (κ1) is 20.6. The fraction of sp³-hybridized carbons (Fsp3) is 0.348. The number of phenols is 2. The summed E-state index contributed by atoms with van der Waals surface area (Å²) in [6.07, 6.45) is 10.00. The van der Waals surface area contributed by atoms with Gasteiger partial charge in [0.2, 0.25) is 0 Å². The topological polar surface area (TPSA) is 66.8 Å². The van der Waals surface area contributed by atoms with Crippen molar-refractivity contribution in [1.29, 1.82) is 0 Å². The maximum Gasteiger partial charge on any atom is 0.193 e. The van der Waals surface area contributed by atoms with Crippen LogP contribution in [0.5, 0.6) is 17.2 Å². The van der Waals surface area contributed by atoms with E-state index in [0.29, 0.717) is 12.4 Å². The number of benzene rings is 2. The highest BCUT2D eigenvalue weighted by molar-refractivity contribution is 6.10. The Morgan fingerprint density at radius 3 is 2.41 bits per heavy atom. The van der Waals surface area contributed by atoms with E-state index in [1.54, 1.807) is 42.5 Å². The summed E-state index contributed by atoms with van der Waals surface area (Å²) < 4.78 is 5.77. The molecule has 0 amide bonds. The molecule has 0 aliphatic rings. The normalized spacial score (nSPS) is 11.0. The maximum atomic E-state index is 12.6. The first-order valence-corrected chi connectivity index (χ1v) is 9.58.